The molecule has 1 aromatic heterocycles. The highest BCUT2D eigenvalue weighted by molar-refractivity contribution is 7.89. The number of hydrogen-bond acceptors (Lipinski definition) is 4. The van der Waals surface area contributed by atoms with Gasteiger partial charge in [0.05, 0.1) is 0 Å². The second-order valence-electron chi connectivity index (χ2n) is 8.21. The molecule has 0 saturated carbocycles. The van der Waals surface area contributed by atoms with Crippen LogP contribution in [0, 0.1) is 12.7 Å². The summed E-state index contributed by atoms with van der Waals surface area (Å²) in [4.78, 5) is 0. The topological polar surface area (TPSA) is 68.1 Å². The minimum absolute atomic E-state index is 0.0823. The Morgan fingerprint density at radius 1 is 1.06 bits per heavy atom. The highest BCUT2D eigenvalue weighted by Gasteiger charge is 2.40. The van der Waals surface area contributed by atoms with Gasteiger partial charge in [0.25, 0.3) is 0 Å². The number of sulfonamides is 1. The lowest BCUT2D eigenvalue weighted by Crippen LogP contribution is -2.44. The van der Waals surface area contributed by atoms with Crippen molar-refractivity contribution in [2.75, 3.05) is 0 Å². The van der Waals surface area contributed by atoms with E-state index >= 15 is 0 Å². The number of nitrogens with zero attached hydrogens (tertiary/aromatic N) is 4. The molecule has 0 aliphatic carbocycles. The van der Waals surface area contributed by atoms with Crippen LogP contribution in [-0.2, 0) is 23.1 Å². The molecule has 1 aliphatic heterocycles. The van der Waals surface area contributed by atoms with Gasteiger partial charge in [-0.05, 0) is 50.3 Å². The first-order valence-corrected chi connectivity index (χ1v) is 12.5. The molecule has 4 rings (SSSR count). The number of hydrogen-bond donors (Lipinski definition) is 0. The van der Waals surface area contributed by atoms with E-state index in [0.29, 0.717) is 12.0 Å². The minimum atomic E-state index is -3.52. The maximum Gasteiger partial charge on any atom is 0.221 e. The molecule has 2 aromatic carbocycles. The van der Waals surface area contributed by atoms with Crippen molar-refractivity contribution >= 4 is 10.0 Å². The molecule has 0 spiro atoms. The van der Waals surface area contributed by atoms with Crippen molar-refractivity contribution in [3.8, 4) is 0 Å². The SMILES string of the molecule is CCCn1cnnc1.Cc1ccc(CN2[C@@H](C)CC[C@H](c3ccccc3)S2(=O)=O)c(F)c1. The summed E-state index contributed by atoms with van der Waals surface area (Å²) in [7, 11) is -3.52. The van der Waals surface area contributed by atoms with E-state index in [2.05, 4.69) is 17.1 Å². The van der Waals surface area contributed by atoms with Gasteiger partial charge in [-0.1, -0.05) is 49.4 Å². The molecule has 0 bridgehead atoms. The van der Waals surface area contributed by atoms with Gasteiger partial charge in [-0.3, -0.25) is 0 Å². The highest BCUT2D eigenvalue weighted by atomic mass is 32.2. The Bertz CT molecular complexity index is 1090. The monoisotopic (exact) mass is 458 g/mol. The van der Waals surface area contributed by atoms with Crippen LogP contribution in [0.25, 0.3) is 0 Å². The lowest BCUT2D eigenvalue weighted by Gasteiger charge is -2.37. The highest BCUT2D eigenvalue weighted by Crippen LogP contribution is 2.38. The van der Waals surface area contributed by atoms with E-state index in [1.54, 1.807) is 18.7 Å². The van der Waals surface area contributed by atoms with Gasteiger partial charge in [0.1, 0.15) is 23.7 Å². The lowest BCUT2D eigenvalue weighted by molar-refractivity contribution is 0.279. The molecule has 0 unspecified atom stereocenters. The van der Waals surface area contributed by atoms with Crippen molar-refractivity contribution < 1.29 is 12.8 Å². The third kappa shape index (κ3) is 5.81. The lowest BCUT2D eigenvalue weighted by atomic mass is 10.0. The predicted octanol–water partition coefficient (Wildman–Crippen LogP) is 4.88. The zero-order valence-electron chi connectivity index (χ0n) is 18.9. The Morgan fingerprint density at radius 2 is 1.75 bits per heavy atom. The first kappa shape index (κ1) is 24.1. The van der Waals surface area contributed by atoms with Crippen LogP contribution in [0.2, 0.25) is 0 Å². The maximum atomic E-state index is 14.2. The Kier molecular flexibility index (Phi) is 8.15. The molecule has 32 heavy (non-hydrogen) atoms. The summed E-state index contributed by atoms with van der Waals surface area (Å²) in [6, 6.07) is 14.1. The average molecular weight is 459 g/mol. The molecule has 1 fully saturated rings. The molecular formula is C24H31FN4O2S. The van der Waals surface area contributed by atoms with Gasteiger partial charge in [0.2, 0.25) is 10.0 Å². The van der Waals surface area contributed by atoms with E-state index in [4.69, 9.17) is 0 Å². The van der Waals surface area contributed by atoms with Gasteiger partial charge in [-0.15, -0.1) is 10.2 Å². The van der Waals surface area contributed by atoms with E-state index in [0.717, 1.165) is 30.5 Å². The van der Waals surface area contributed by atoms with Gasteiger partial charge >= 0.3 is 0 Å². The molecule has 0 N–H and O–H groups in total. The Labute approximate surface area is 190 Å². The summed E-state index contributed by atoms with van der Waals surface area (Å²) in [5.41, 5.74) is 2.05. The summed E-state index contributed by atoms with van der Waals surface area (Å²) in [5, 5.41) is 6.76. The largest absolute Gasteiger partial charge is 0.320 e. The van der Waals surface area contributed by atoms with Gasteiger partial charge in [-0.2, -0.15) is 4.31 Å². The Morgan fingerprint density at radius 3 is 2.38 bits per heavy atom. The van der Waals surface area contributed by atoms with Crippen LogP contribution in [0.1, 0.15) is 55.1 Å². The van der Waals surface area contributed by atoms with E-state index in [9.17, 15) is 12.8 Å². The second-order valence-corrected chi connectivity index (χ2v) is 10.3. The molecule has 0 radical (unpaired) electrons. The number of aromatic nitrogens is 3. The third-order valence-electron chi connectivity index (χ3n) is 5.68. The van der Waals surface area contributed by atoms with Crippen LogP contribution in [0.15, 0.2) is 61.2 Å². The first-order chi connectivity index (χ1) is 15.3. The molecular weight excluding hydrogens is 427 g/mol. The summed E-state index contributed by atoms with van der Waals surface area (Å²) >= 11 is 0. The molecule has 3 aromatic rings. The second kappa shape index (κ2) is 10.8. The molecule has 2 heterocycles. The Balaban J connectivity index is 0.000000305. The molecule has 1 aliphatic rings. The number of benzene rings is 2. The smallest absolute Gasteiger partial charge is 0.221 e. The fraction of sp³-hybridized carbons (Fsp3) is 0.417. The zero-order chi connectivity index (χ0) is 23.1. The summed E-state index contributed by atoms with van der Waals surface area (Å²) in [6.45, 7) is 6.94. The Hall–Kier alpha value is -2.58. The van der Waals surface area contributed by atoms with Crippen LogP contribution < -0.4 is 0 Å². The molecule has 6 nitrogen and oxygen atoms in total. The number of aryl methyl sites for hydroxylation is 2. The van der Waals surface area contributed by atoms with Gasteiger partial charge < -0.3 is 4.57 Å². The van der Waals surface area contributed by atoms with Crippen LogP contribution in [-0.4, -0.2) is 33.5 Å². The van der Waals surface area contributed by atoms with E-state index < -0.39 is 15.3 Å². The van der Waals surface area contributed by atoms with Gasteiger partial charge in [-0.25, -0.2) is 12.8 Å². The van der Waals surface area contributed by atoms with Crippen LogP contribution in [0.4, 0.5) is 4.39 Å². The fourth-order valence-electron chi connectivity index (χ4n) is 3.90. The number of halogens is 1. The molecule has 0 amide bonds. The van der Waals surface area contributed by atoms with Crippen molar-refractivity contribution in [1.82, 2.24) is 19.1 Å². The summed E-state index contributed by atoms with van der Waals surface area (Å²) in [5.74, 6) is -0.348. The van der Waals surface area contributed by atoms with E-state index in [-0.39, 0.29) is 18.4 Å². The molecule has 8 heteroatoms. The average Bonchev–Trinajstić information content (AvgIpc) is 3.27. The predicted molar refractivity (Wildman–Crippen MR) is 124 cm³/mol. The third-order valence-corrected chi connectivity index (χ3v) is 8.05. The zero-order valence-corrected chi connectivity index (χ0v) is 19.7. The van der Waals surface area contributed by atoms with Crippen LogP contribution >= 0.6 is 0 Å². The van der Waals surface area contributed by atoms with Crippen LogP contribution in [0.3, 0.4) is 0 Å². The van der Waals surface area contributed by atoms with Crippen molar-refractivity contribution in [3.05, 3.63) is 83.7 Å². The van der Waals surface area contributed by atoms with Crippen molar-refractivity contribution in [1.29, 1.82) is 0 Å². The van der Waals surface area contributed by atoms with Crippen molar-refractivity contribution in [2.24, 2.45) is 0 Å². The minimum Gasteiger partial charge on any atom is -0.320 e. The van der Waals surface area contributed by atoms with Crippen molar-refractivity contribution in [3.63, 3.8) is 0 Å². The van der Waals surface area contributed by atoms with Gasteiger partial charge in [0.15, 0.2) is 0 Å². The summed E-state index contributed by atoms with van der Waals surface area (Å²) < 4.78 is 43.8. The van der Waals surface area contributed by atoms with E-state index in [1.807, 2.05) is 54.8 Å². The number of rotatable bonds is 5. The summed E-state index contributed by atoms with van der Waals surface area (Å²) in [6.07, 6.45) is 5.96. The van der Waals surface area contributed by atoms with Crippen LogP contribution in [0.5, 0.6) is 0 Å². The first-order valence-electron chi connectivity index (χ1n) is 11.0. The standard InChI is InChI=1S/C19H22FNO2S.C5H9N3/c1-14-8-10-17(18(20)12-14)13-21-15(2)9-11-19(24(21,22)23)16-6-4-3-5-7-16;1-2-3-8-4-6-7-5-8/h3-8,10,12,15,19H,9,11,13H2,1-2H3;4-5H,2-3H2,1H3/t15-,19+;/m0./s1. The maximum absolute atomic E-state index is 14.2. The normalized spacial score (nSPS) is 20.4. The molecule has 1 saturated heterocycles. The van der Waals surface area contributed by atoms with E-state index in [1.165, 1.54) is 10.4 Å². The quantitative estimate of drug-likeness (QED) is 0.547. The molecule has 2 atom stereocenters. The molecule has 172 valence electrons. The van der Waals surface area contributed by atoms with Gasteiger partial charge in [0, 0.05) is 24.7 Å². The fourth-order valence-corrected chi connectivity index (χ4v) is 6.08. The van der Waals surface area contributed by atoms with Crippen molar-refractivity contribution in [2.45, 2.75) is 64.4 Å².